The van der Waals surface area contributed by atoms with Crippen molar-refractivity contribution >= 4 is 39.8 Å². The molecule has 0 fully saturated rings. The van der Waals surface area contributed by atoms with E-state index in [9.17, 15) is 9.18 Å². The molecule has 1 amide bonds. The zero-order chi connectivity index (χ0) is 21.6. The maximum absolute atomic E-state index is 13.7. The van der Waals surface area contributed by atoms with Crippen LogP contribution in [0.4, 0.5) is 4.39 Å². The van der Waals surface area contributed by atoms with Gasteiger partial charge in [-0.1, -0.05) is 19.9 Å². The van der Waals surface area contributed by atoms with Crippen LogP contribution in [0.3, 0.4) is 0 Å². The quantitative estimate of drug-likeness (QED) is 0.711. The lowest BCUT2D eigenvalue weighted by molar-refractivity contribution is -0.114. The molecule has 0 saturated carbocycles. The van der Waals surface area contributed by atoms with Crippen molar-refractivity contribution in [3.63, 3.8) is 0 Å². The highest BCUT2D eigenvalue weighted by molar-refractivity contribution is 8.26. The van der Waals surface area contributed by atoms with Crippen molar-refractivity contribution < 1.29 is 9.18 Å². The van der Waals surface area contributed by atoms with Gasteiger partial charge in [-0.05, 0) is 67.4 Å². The molecular weight excluding hydrogens is 401 g/mol. The molecule has 0 saturated heterocycles. The standard InChI is InChI=1S/C22H22FN5OS/c1-12(2)8-19-26-28-20(24)18(21(29)25-22(28)30-19)10-15-9-13(3)27(14(15)4)17-7-5-6-16(23)11-17/h5-7,9-12,24H,8H2,1-4H3. The number of nitrogens with zero attached hydrogens (tertiary/aromatic N) is 4. The minimum atomic E-state index is -0.449. The number of aliphatic imine (C=N–C) groups is 1. The van der Waals surface area contributed by atoms with Crippen molar-refractivity contribution in [2.75, 3.05) is 0 Å². The summed E-state index contributed by atoms with van der Waals surface area (Å²) in [6.07, 6.45) is 2.44. The highest BCUT2D eigenvalue weighted by Crippen LogP contribution is 2.31. The van der Waals surface area contributed by atoms with Crippen LogP contribution in [0.25, 0.3) is 11.8 Å². The predicted octanol–water partition coefficient (Wildman–Crippen LogP) is 4.90. The Labute approximate surface area is 178 Å². The minimum Gasteiger partial charge on any atom is -0.318 e. The SMILES string of the molecule is Cc1cc(C=C2C(=N)N3N=C(CC(C)C)SC3=NC2=O)c(C)n1-c1cccc(F)c1. The Kier molecular flexibility index (Phi) is 5.19. The molecule has 2 aromatic rings. The van der Waals surface area contributed by atoms with Crippen LogP contribution in [-0.4, -0.2) is 31.5 Å². The summed E-state index contributed by atoms with van der Waals surface area (Å²) >= 11 is 1.34. The van der Waals surface area contributed by atoms with Gasteiger partial charge in [0.05, 0.1) is 5.57 Å². The lowest BCUT2D eigenvalue weighted by Gasteiger charge is -2.20. The normalized spacial score (nSPS) is 17.7. The zero-order valence-corrected chi connectivity index (χ0v) is 18.0. The summed E-state index contributed by atoms with van der Waals surface area (Å²) in [5, 5.41) is 15.7. The van der Waals surface area contributed by atoms with Crippen molar-refractivity contribution in [2.45, 2.75) is 34.1 Å². The Morgan fingerprint density at radius 3 is 2.73 bits per heavy atom. The van der Waals surface area contributed by atoms with E-state index in [1.54, 1.807) is 12.1 Å². The van der Waals surface area contributed by atoms with E-state index in [-0.39, 0.29) is 17.2 Å². The van der Waals surface area contributed by atoms with Gasteiger partial charge in [-0.25, -0.2) is 4.39 Å². The van der Waals surface area contributed by atoms with E-state index in [0.29, 0.717) is 16.8 Å². The zero-order valence-electron chi connectivity index (χ0n) is 17.2. The number of carbonyl (C=O) groups excluding carboxylic acids is 1. The number of aryl methyl sites for hydroxylation is 1. The third kappa shape index (κ3) is 3.63. The van der Waals surface area contributed by atoms with Crippen LogP contribution in [0, 0.1) is 31.0 Å². The molecule has 4 rings (SSSR count). The van der Waals surface area contributed by atoms with E-state index >= 15 is 0 Å². The third-order valence-corrected chi connectivity index (χ3v) is 5.85. The first-order chi connectivity index (χ1) is 14.2. The van der Waals surface area contributed by atoms with Crippen molar-refractivity contribution in [1.29, 1.82) is 5.41 Å². The summed E-state index contributed by atoms with van der Waals surface area (Å²) in [6.45, 7) is 8.01. The van der Waals surface area contributed by atoms with Crippen LogP contribution in [0.15, 0.2) is 46.0 Å². The molecule has 0 aliphatic carbocycles. The molecule has 3 heterocycles. The number of nitrogens with one attached hydrogen (secondary N) is 1. The molecule has 154 valence electrons. The van der Waals surface area contributed by atoms with Gasteiger partial charge < -0.3 is 4.57 Å². The number of fused-ring (bicyclic) bond motifs is 1. The largest absolute Gasteiger partial charge is 0.318 e. The van der Waals surface area contributed by atoms with Crippen LogP contribution in [-0.2, 0) is 4.79 Å². The van der Waals surface area contributed by atoms with Gasteiger partial charge in [-0.15, -0.1) is 0 Å². The number of hydrogen-bond donors (Lipinski definition) is 1. The van der Waals surface area contributed by atoms with Gasteiger partial charge in [-0.2, -0.15) is 15.1 Å². The van der Waals surface area contributed by atoms with E-state index in [1.807, 2.05) is 30.5 Å². The second kappa shape index (κ2) is 7.68. The van der Waals surface area contributed by atoms with Crippen molar-refractivity contribution in [3.05, 3.63) is 58.7 Å². The second-order valence-corrected chi connectivity index (χ2v) is 8.79. The molecular formula is C22H22FN5OS. The van der Waals surface area contributed by atoms with Gasteiger partial charge in [-0.3, -0.25) is 10.2 Å². The maximum atomic E-state index is 13.7. The number of amides is 1. The maximum Gasteiger partial charge on any atom is 0.283 e. The van der Waals surface area contributed by atoms with Gasteiger partial charge in [0.25, 0.3) is 5.91 Å². The van der Waals surface area contributed by atoms with Crippen molar-refractivity contribution in [1.82, 2.24) is 9.58 Å². The molecule has 1 aromatic heterocycles. The fourth-order valence-electron chi connectivity index (χ4n) is 3.57. The van der Waals surface area contributed by atoms with E-state index < -0.39 is 5.91 Å². The Morgan fingerprint density at radius 2 is 2.03 bits per heavy atom. The summed E-state index contributed by atoms with van der Waals surface area (Å²) in [5.74, 6) is -0.318. The molecule has 2 aliphatic heterocycles. The Balaban J connectivity index is 1.71. The molecule has 0 spiro atoms. The first-order valence-electron chi connectivity index (χ1n) is 9.68. The lowest BCUT2D eigenvalue weighted by Crippen LogP contribution is -2.35. The molecule has 0 unspecified atom stereocenters. The van der Waals surface area contributed by atoms with Gasteiger partial charge in [0, 0.05) is 23.5 Å². The number of amidine groups is 2. The summed E-state index contributed by atoms with van der Waals surface area (Å²) in [5.41, 5.74) is 3.42. The molecule has 0 radical (unpaired) electrons. The third-order valence-electron chi connectivity index (χ3n) is 4.92. The number of benzene rings is 1. The van der Waals surface area contributed by atoms with Crippen LogP contribution in [0.2, 0.25) is 0 Å². The van der Waals surface area contributed by atoms with E-state index in [0.717, 1.165) is 28.4 Å². The number of hydrazone groups is 1. The van der Waals surface area contributed by atoms with Crippen LogP contribution >= 0.6 is 11.8 Å². The summed E-state index contributed by atoms with van der Waals surface area (Å²) in [4.78, 5) is 16.8. The fraction of sp³-hybridized carbons (Fsp3) is 0.273. The number of rotatable bonds is 4. The van der Waals surface area contributed by atoms with E-state index in [2.05, 4.69) is 23.9 Å². The Hall–Kier alpha value is -3.00. The topological polar surface area (TPSA) is 73.8 Å². The molecule has 0 bridgehead atoms. The molecule has 6 nitrogen and oxygen atoms in total. The summed E-state index contributed by atoms with van der Waals surface area (Å²) in [6, 6.07) is 8.28. The number of halogens is 1. The van der Waals surface area contributed by atoms with E-state index in [4.69, 9.17) is 5.41 Å². The highest BCUT2D eigenvalue weighted by atomic mass is 32.2. The van der Waals surface area contributed by atoms with E-state index in [1.165, 1.54) is 28.9 Å². The number of thioether (sulfide) groups is 1. The molecule has 0 atom stereocenters. The fourth-order valence-corrected chi connectivity index (χ4v) is 4.66. The molecule has 8 heteroatoms. The first-order valence-corrected chi connectivity index (χ1v) is 10.5. The molecule has 1 N–H and O–H groups in total. The summed E-state index contributed by atoms with van der Waals surface area (Å²) < 4.78 is 15.6. The molecule has 1 aromatic carbocycles. The first kappa shape index (κ1) is 20.3. The number of hydrogen-bond acceptors (Lipinski definition) is 4. The Bertz CT molecular complexity index is 1160. The van der Waals surface area contributed by atoms with Crippen molar-refractivity contribution in [2.24, 2.45) is 16.0 Å². The number of aromatic nitrogens is 1. The van der Waals surface area contributed by atoms with Crippen molar-refractivity contribution in [3.8, 4) is 5.69 Å². The minimum absolute atomic E-state index is 0.0202. The molecule has 2 aliphatic rings. The van der Waals surface area contributed by atoms with Gasteiger partial charge >= 0.3 is 0 Å². The predicted molar refractivity (Wildman–Crippen MR) is 120 cm³/mol. The Morgan fingerprint density at radius 1 is 1.27 bits per heavy atom. The summed E-state index contributed by atoms with van der Waals surface area (Å²) in [7, 11) is 0. The van der Waals surface area contributed by atoms with Crippen LogP contribution in [0.5, 0.6) is 0 Å². The monoisotopic (exact) mass is 423 g/mol. The lowest BCUT2D eigenvalue weighted by atomic mass is 10.1. The second-order valence-electron chi connectivity index (χ2n) is 7.75. The van der Waals surface area contributed by atoms with Gasteiger partial charge in [0.2, 0.25) is 5.17 Å². The smallest absolute Gasteiger partial charge is 0.283 e. The number of carbonyl (C=O) groups is 1. The van der Waals surface area contributed by atoms with Gasteiger partial charge in [0.1, 0.15) is 10.9 Å². The van der Waals surface area contributed by atoms with Crippen LogP contribution < -0.4 is 0 Å². The average molecular weight is 424 g/mol. The average Bonchev–Trinajstić information content (AvgIpc) is 3.18. The van der Waals surface area contributed by atoms with Crippen LogP contribution in [0.1, 0.15) is 37.2 Å². The molecule has 30 heavy (non-hydrogen) atoms. The van der Waals surface area contributed by atoms with Gasteiger partial charge in [0.15, 0.2) is 5.84 Å². The highest BCUT2D eigenvalue weighted by Gasteiger charge is 2.35.